The number of rotatable bonds is 0. The number of halogens is 1. The minimum absolute atomic E-state index is 0.630. The molecule has 0 fully saturated rings. The van der Waals surface area contributed by atoms with Crippen molar-refractivity contribution < 1.29 is 0 Å². The van der Waals surface area contributed by atoms with Crippen LogP contribution in [0.4, 0.5) is 0 Å². The smallest absolute Gasteiger partial charge is 0.0493 e. The molecule has 0 N–H and O–H groups in total. The molecule has 0 amide bonds. The van der Waals surface area contributed by atoms with Crippen LogP contribution >= 0.6 is 11.6 Å². The van der Waals surface area contributed by atoms with Gasteiger partial charge in [0.15, 0.2) is 0 Å². The van der Waals surface area contributed by atoms with Gasteiger partial charge in [0.25, 0.3) is 0 Å². The molecular weight excluding hydrogens is 120 g/mol. The Bertz CT molecular complexity index is 164. The lowest BCUT2D eigenvalue weighted by Gasteiger charge is -1.87. The predicted octanol–water partition coefficient (Wildman–Crippen LogP) is 2.25. The number of hydrogen-bond acceptors (Lipinski definition) is 0. The van der Waals surface area contributed by atoms with Crippen LogP contribution in [-0.2, 0) is 0 Å². The van der Waals surface area contributed by atoms with Crippen LogP contribution in [0.15, 0.2) is 12.1 Å². The third kappa shape index (κ3) is 1.24. The maximum absolute atomic E-state index is 5.56. The first-order chi connectivity index (χ1) is 3.79. The summed E-state index contributed by atoms with van der Waals surface area (Å²) in [5.41, 5.74) is 1.03. The van der Waals surface area contributed by atoms with Crippen molar-refractivity contribution in [1.82, 2.24) is 0 Å². The van der Waals surface area contributed by atoms with Gasteiger partial charge in [-0.25, -0.2) is 0 Å². The van der Waals surface area contributed by atoms with E-state index in [1.165, 1.54) is 0 Å². The van der Waals surface area contributed by atoms with Crippen LogP contribution in [-0.4, -0.2) is 0 Å². The van der Waals surface area contributed by atoms with Crippen molar-refractivity contribution in [3.8, 4) is 0 Å². The minimum atomic E-state index is 0.630. The quantitative estimate of drug-likeness (QED) is 0.498. The summed E-state index contributed by atoms with van der Waals surface area (Å²) in [7, 11) is 0. The Labute approximate surface area is 54.1 Å². The predicted molar refractivity (Wildman–Crippen MR) is 33.9 cm³/mol. The van der Waals surface area contributed by atoms with Gasteiger partial charge in [-0.15, -0.1) is 0 Å². The first-order valence-electron chi connectivity index (χ1n) is 2.34. The van der Waals surface area contributed by atoms with E-state index in [1.807, 2.05) is 13.0 Å². The number of hydrogen-bond donors (Lipinski definition) is 0. The molecule has 1 heteroatoms. The largest absolute Gasteiger partial charge is 0.0836 e. The lowest BCUT2D eigenvalue weighted by molar-refractivity contribution is 1.46. The normalized spacial score (nSPS) is 9.25. The number of aryl methyl sites for hydroxylation is 1. The highest BCUT2D eigenvalue weighted by molar-refractivity contribution is 6.30. The molecule has 1 aromatic rings. The number of benzene rings is 1. The minimum Gasteiger partial charge on any atom is -0.0836 e. The molecule has 0 unspecified atom stereocenters. The second-order valence-corrected chi connectivity index (χ2v) is 2.02. The van der Waals surface area contributed by atoms with E-state index in [1.54, 1.807) is 6.07 Å². The lowest BCUT2D eigenvalue weighted by atomic mass is 10.2. The van der Waals surface area contributed by atoms with Crippen molar-refractivity contribution in [2.45, 2.75) is 6.92 Å². The molecule has 0 aliphatic heterocycles. The van der Waals surface area contributed by atoms with Crippen molar-refractivity contribution in [2.75, 3.05) is 0 Å². The van der Waals surface area contributed by atoms with Gasteiger partial charge in [-0.1, -0.05) is 17.7 Å². The SMILES string of the molecule is Cc1[c]c(Cl)c[c]c1. The Kier molecular flexibility index (Phi) is 1.54. The van der Waals surface area contributed by atoms with Gasteiger partial charge in [-0.3, -0.25) is 0 Å². The summed E-state index contributed by atoms with van der Waals surface area (Å²) >= 11 is 5.56. The molecule has 8 heavy (non-hydrogen) atoms. The zero-order valence-corrected chi connectivity index (χ0v) is 5.29. The van der Waals surface area contributed by atoms with E-state index in [0.717, 1.165) is 5.56 Å². The molecule has 0 aliphatic carbocycles. The maximum atomic E-state index is 5.56. The van der Waals surface area contributed by atoms with Gasteiger partial charge < -0.3 is 0 Å². The summed E-state index contributed by atoms with van der Waals surface area (Å²) in [5.74, 6) is 0. The molecule has 2 radical (unpaired) electrons. The summed E-state index contributed by atoms with van der Waals surface area (Å²) in [5, 5.41) is 0.630. The molecule has 0 heterocycles. The first-order valence-corrected chi connectivity index (χ1v) is 2.72. The molecule has 0 aromatic heterocycles. The van der Waals surface area contributed by atoms with Crippen LogP contribution < -0.4 is 0 Å². The Hall–Kier alpha value is -0.490. The Morgan fingerprint density at radius 3 is 2.62 bits per heavy atom. The summed E-state index contributed by atoms with van der Waals surface area (Å²) < 4.78 is 0. The first kappa shape index (κ1) is 5.64. The zero-order valence-electron chi connectivity index (χ0n) is 4.53. The molecule has 0 spiro atoms. The third-order valence-corrected chi connectivity index (χ3v) is 1.03. The Balaban J connectivity index is 3.08. The third-order valence-electron chi connectivity index (χ3n) is 0.826. The Morgan fingerprint density at radius 2 is 2.25 bits per heavy atom. The zero-order chi connectivity index (χ0) is 5.98. The van der Waals surface area contributed by atoms with Crippen molar-refractivity contribution in [3.63, 3.8) is 0 Å². The highest BCUT2D eigenvalue weighted by Gasteiger charge is 1.84. The van der Waals surface area contributed by atoms with Crippen LogP contribution in [0.25, 0.3) is 0 Å². The van der Waals surface area contributed by atoms with Crippen LogP contribution in [0.3, 0.4) is 0 Å². The van der Waals surface area contributed by atoms with Crippen LogP contribution in [0.1, 0.15) is 5.56 Å². The van der Waals surface area contributed by atoms with Gasteiger partial charge in [0.2, 0.25) is 0 Å². The van der Waals surface area contributed by atoms with E-state index in [4.69, 9.17) is 11.6 Å². The van der Waals surface area contributed by atoms with E-state index in [9.17, 15) is 0 Å². The van der Waals surface area contributed by atoms with Gasteiger partial charge in [0.1, 0.15) is 0 Å². The molecular formula is C7H5Cl. The lowest BCUT2D eigenvalue weighted by Crippen LogP contribution is -1.68. The molecule has 0 atom stereocenters. The van der Waals surface area contributed by atoms with Crippen molar-refractivity contribution in [3.05, 3.63) is 34.9 Å². The fourth-order valence-electron chi connectivity index (χ4n) is 0.500. The van der Waals surface area contributed by atoms with Gasteiger partial charge in [0.05, 0.1) is 0 Å². The fourth-order valence-corrected chi connectivity index (χ4v) is 0.712. The topological polar surface area (TPSA) is 0 Å². The summed E-state index contributed by atoms with van der Waals surface area (Å²) in [6, 6.07) is 9.30. The molecule has 0 aliphatic rings. The fraction of sp³-hybridized carbons (Fsp3) is 0.143. The molecule has 0 bridgehead atoms. The van der Waals surface area contributed by atoms with E-state index < -0.39 is 0 Å². The average molecular weight is 125 g/mol. The maximum Gasteiger partial charge on any atom is 0.0493 e. The van der Waals surface area contributed by atoms with Gasteiger partial charge in [-0.2, -0.15) is 0 Å². The monoisotopic (exact) mass is 124 g/mol. The van der Waals surface area contributed by atoms with E-state index >= 15 is 0 Å². The van der Waals surface area contributed by atoms with Crippen molar-refractivity contribution in [2.24, 2.45) is 0 Å². The molecule has 1 rings (SSSR count). The summed E-state index contributed by atoms with van der Waals surface area (Å²) in [6.45, 7) is 1.93. The van der Waals surface area contributed by atoms with Gasteiger partial charge in [-0.05, 0) is 24.6 Å². The van der Waals surface area contributed by atoms with Crippen molar-refractivity contribution >= 4 is 11.6 Å². The molecule has 40 valence electrons. The van der Waals surface area contributed by atoms with E-state index in [0.29, 0.717) is 5.02 Å². The van der Waals surface area contributed by atoms with Crippen molar-refractivity contribution in [1.29, 1.82) is 0 Å². The van der Waals surface area contributed by atoms with Gasteiger partial charge in [0, 0.05) is 11.1 Å². The second kappa shape index (κ2) is 2.19. The molecule has 0 saturated heterocycles. The highest BCUT2D eigenvalue weighted by atomic mass is 35.5. The summed E-state index contributed by atoms with van der Waals surface area (Å²) in [4.78, 5) is 0. The average Bonchev–Trinajstić information content (AvgIpc) is 1.64. The standard InChI is InChI=1S/C7H5Cl/c1-6-3-2-4-7(8)5-6/h3-4H,1H3. The molecule has 1 aromatic carbocycles. The van der Waals surface area contributed by atoms with E-state index in [2.05, 4.69) is 12.1 Å². The molecule has 0 nitrogen and oxygen atoms in total. The molecule has 0 saturated carbocycles. The Morgan fingerprint density at radius 1 is 1.50 bits per heavy atom. The second-order valence-electron chi connectivity index (χ2n) is 1.61. The highest BCUT2D eigenvalue weighted by Crippen LogP contribution is 2.06. The van der Waals surface area contributed by atoms with Crippen LogP contribution in [0.2, 0.25) is 5.02 Å². The van der Waals surface area contributed by atoms with Crippen LogP contribution in [0, 0.1) is 19.1 Å². The van der Waals surface area contributed by atoms with Gasteiger partial charge >= 0.3 is 0 Å². The van der Waals surface area contributed by atoms with E-state index in [-0.39, 0.29) is 0 Å². The van der Waals surface area contributed by atoms with Crippen LogP contribution in [0.5, 0.6) is 0 Å². The summed E-state index contributed by atoms with van der Waals surface area (Å²) in [6.07, 6.45) is 0.